The van der Waals surface area contributed by atoms with E-state index in [1.54, 1.807) is 0 Å². The second-order valence-corrected chi connectivity index (χ2v) is 4.57. The molecule has 0 saturated carbocycles. The van der Waals surface area contributed by atoms with Gasteiger partial charge in [-0.25, -0.2) is 0 Å². The molecule has 1 aliphatic rings. The van der Waals surface area contributed by atoms with Crippen LogP contribution in [0.1, 0.15) is 34.5 Å². The van der Waals surface area contributed by atoms with Crippen molar-refractivity contribution in [2.45, 2.75) is 25.8 Å². The number of carbonyl (C=O) groups excluding carboxylic acids is 1. The number of aromatic nitrogens is 1. The van der Waals surface area contributed by atoms with Crippen molar-refractivity contribution in [3.8, 4) is 0 Å². The summed E-state index contributed by atoms with van der Waals surface area (Å²) in [5.41, 5.74) is 3.43. The molecule has 0 fully saturated rings. The number of benzene rings is 1. The molecule has 1 aliphatic carbocycles. The topological polar surface area (TPSA) is 22.0 Å². The number of hydrogen-bond donors (Lipinski definition) is 0. The summed E-state index contributed by atoms with van der Waals surface area (Å²) >= 11 is 0. The summed E-state index contributed by atoms with van der Waals surface area (Å²) in [6.07, 6.45) is 4.77. The Morgan fingerprint density at radius 2 is 1.88 bits per heavy atom. The minimum atomic E-state index is 0.304. The van der Waals surface area contributed by atoms with E-state index in [9.17, 15) is 4.79 Å². The van der Waals surface area contributed by atoms with E-state index in [0.717, 1.165) is 24.9 Å². The average molecular weight is 225 g/mol. The minimum Gasteiger partial charge on any atom is -0.346 e. The molecule has 0 unspecified atom stereocenters. The molecule has 1 aromatic carbocycles. The summed E-state index contributed by atoms with van der Waals surface area (Å²) in [6, 6.07) is 12.3. The Labute approximate surface area is 101 Å². The van der Waals surface area contributed by atoms with E-state index in [2.05, 4.69) is 28.8 Å². The predicted molar refractivity (Wildman–Crippen MR) is 67.2 cm³/mol. The first kappa shape index (κ1) is 10.3. The molecule has 0 aliphatic heterocycles. The van der Waals surface area contributed by atoms with E-state index in [-0.39, 0.29) is 0 Å². The fourth-order valence-corrected chi connectivity index (χ4v) is 2.52. The molecule has 2 heteroatoms. The molecule has 86 valence electrons. The maximum absolute atomic E-state index is 11.7. The zero-order valence-electron chi connectivity index (χ0n) is 9.73. The number of nitrogens with zero attached hydrogens (tertiary/aromatic N) is 1. The molecule has 0 spiro atoms. The molecule has 3 rings (SSSR count). The van der Waals surface area contributed by atoms with E-state index < -0.39 is 0 Å². The normalized spacial score (nSPS) is 14.7. The van der Waals surface area contributed by atoms with Gasteiger partial charge in [-0.05, 0) is 24.5 Å². The van der Waals surface area contributed by atoms with Crippen molar-refractivity contribution in [1.29, 1.82) is 0 Å². The molecule has 0 N–H and O–H groups in total. The van der Waals surface area contributed by atoms with E-state index >= 15 is 0 Å². The monoisotopic (exact) mass is 225 g/mol. The lowest BCUT2D eigenvalue weighted by Gasteiger charge is -2.15. The number of rotatable bonds is 2. The smallest absolute Gasteiger partial charge is 0.164 e. The van der Waals surface area contributed by atoms with Gasteiger partial charge in [0.2, 0.25) is 0 Å². The van der Waals surface area contributed by atoms with Gasteiger partial charge in [-0.2, -0.15) is 0 Å². The van der Waals surface area contributed by atoms with Crippen LogP contribution >= 0.6 is 0 Å². The standard InChI is InChI=1S/C15H15NO/c17-15-8-4-7-14-13(15)9-10-16(14)11-12-5-2-1-3-6-12/h1-3,5-6,9-10H,4,7-8,11H2. The highest BCUT2D eigenvalue weighted by molar-refractivity contribution is 5.98. The van der Waals surface area contributed by atoms with E-state index in [0.29, 0.717) is 12.2 Å². The van der Waals surface area contributed by atoms with E-state index in [1.165, 1.54) is 11.3 Å². The molecule has 0 amide bonds. The highest BCUT2D eigenvalue weighted by atomic mass is 16.1. The van der Waals surface area contributed by atoms with Crippen LogP contribution in [0.25, 0.3) is 0 Å². The Hall–Kier alpha value is -1.83. The molecule has 0 radical (unpaired) electrons. The predicted octanol–water partition coefficient (Wildman–Crippen LogP) is 3.06. The first-order valence-corrected chi connectivity index (χ1v) is 6.10. The molecule has 2 nitrogen and oxygen atoms in total. The van der Waals surface area contributed by atoms with Gasteiger partial charge in [0.05, 0.1) is 0 Å². The summed E-state index contributed by atoms with van der Waals surface area (Å²) in [7, 11) is 0. The minimum absolute atomic E-state index is 0.304. The molecule has 1 aromatic heterocycles. The van der Waals surface area contributed by atoms with Crippen LogP contribution in [0.3, 0.4) is 0 Å². The van der Waals surface area contributed by atoms with Gasteiger partial charge >= 0.3 is 0 Å². The van der Waals surface area contributed by atoms with Crippen molar-refractivity contribution in [2.24, 2.45) is 0 Å². The maximum atomic E-state index is 11.7. The first-order valence-electron chi connectivity index (χ1n) is 6.10. The van der Waals surface area contributed by atoms with Gasteiger partial charge < -0.3 is 4.57 Å². The fraction of sp³-hybridized carbons (Fsp3) is 0.267. The van der Waals surface area contributed by atoms with E-state index in [1.807, 2.05) is 18.3 Å². The maximum Gasteiger partial charge on any atom is 0.164 e. The molecular weight excluding hydrogens is 210 g/mol. The van der Waals surface area contributed by atoms with Crippen LogP contribution in [0, 0.1) is 0 Å². The first-order chi connectivity index (χ1) is 8.34. The Balaban J connectivity index is 1.92. The average Bonchev–Trinajstić information content (AvgIpc) is 2.76. The molecular formula is C15H15NO. The van der Waals surface area contributed by atoms with Crippen molar-refractivity contribution in [1.82, 2.24) is 4.57 Å². The molecule has 1 heterocycles. The molecule has 2 aromatic rings. The Morgan fingerprint density at radius 3 is 2.71 bits per heavy atom. The van der Waals surface area contributed by atoms with Gasteiger partial charge in [-0.3, -0.25) is 4.79 Å². The zero-order valence-corrected chi connectivity index (χ0v) is 9.73. The highest BCUT2D eigenvalue weighted by Crippen LogP contribution is 2.23. The van der Waals surface area contributed by atoms with Gasteiger partial charge in [0.1, 0.15) is 0 Å². The Kier molecular flexibility index (Phi) is 2.56. The molecule has 0 saturated heterocycles. The lowest BCUT2D eigenvalue weighted by molar-refractivity contribution is 0.0972. The summed E-state index contributed by atoms with van der Waals surface area (Å²) < 4.78 is 2.21. The van der Waals surface area contributed by atoms with Crippen LogP contribution in [-0.2, 0) is 13.0 Å². The van der Waals surface area contributed by atoms with Crippen LogP contribution in [0.5, 0.6) is 0 Å². The molecule has 17 heavy (non-hydrogen) atoms. The number of carbonyl (C=O) groups is 1. The van der Waals surface area contributed by atoms with Crippen molar-refractivity contribution in [2.75, 3.05) is 0 Å². The van der Waals surface area contributed by atoms with Crippen molar-refractivity contribution >= 4 is 5.78 Å². The van der Waals surface area contributed by atoms with Crippen molar-refractivity contribution in [3.63, 3.8) is 0 Å². The van der Waals surface area contributed by atoms with Crippen LogP contribution in [-0.4, -0.2) is 10.4 Å². The van der Waals surface area contributed by atoms with Gasteiger partial charge in [-0.1, -0.05) is 30.3 Å². The van der Waals surface area contributed by atoms with Crippen molar-refractivity contribution in [3.05, 3.63) is 59.4 Å². The molecule has 0 bridgehead atoms. The van der Waals surface area contributed by atoms with Crippen LogP contribution in [0.2, 0.25) is 0 Å². The molecule has 0 atom stereocenters. The summed E-state index contributed by atoms with van der Waals surface area (Å²) in [6.45, 7) is 0.865. The fourth-order valence-electron chi connectivity index (χ4n) is 2.52. The Bertz CT molecular complexity index is 539. The third kappa shape index (κ3) is 1.91. The summed E-state index contributed by atoms with van der Waals surface area (Å²) in [5, 5.41) is 0. The Morgan fingerprint density at radius 1 is 1.06 bits per heavy atom. The summed E-state index contributed by atoms with van der Waals surface area (Å²) in [4.78, 5) is 11.7. The largest absolute Gasteiger partial charge is 0.346 e. The lowest BCUT2D eigenvalue weighted by atomic mass is 9.97. The second kappa shape index (κ2) is 4.21. The SMILES string of the molecule is O=C1CCCc2c1ccn2Cc1ccccc1. The van der Waals surface area contributed by atoms with Gasteiger partial charge in [0, 0.05) is 30.4 Å². The number of hydrogen-bond acceptors (Lipinski definition) is 1. The number of ketones is 1. The van der Waals surface area contributed by atoms with E-state index in [4.69, 9.17) is 0 Å². The zero-order chi connectivity index (χ0) is 11.7. The third-order valence-electron chi connectivity index (χ3n) is 3.39. The van der Waals surface area contributed by atoms with Crippen molar-refractivity contribution < 1.29 is 4.79 Å². The highest BCUT2D eigenvalue weighted by Gasteiger charge is 2.20. The van der Waals surface area contributed by atoms with Crippen LogP contribution in [0.4, 0.5) is 0 Å². The van der Waals surface area contributed by atoms with Gasteiger partial charge in [0.25, 0.3) is 0 Å². The van der Waals surface area contributed by atoms with Crippen LogP contribution < -0.4 is 0 Å². The third-order valence-corrected chi connectivity index (χ3v) is 3.39. The summed E-state index contributed by atoms with van der Waals surface area (Å²) in [5.74, 6) is 0.304. The second-order valence-electron chi connectivity index (χ2n) is 4.57. The van der Waals surface area contributed by atoms with Crippen LogP contribution in [0.15, 0.2) is 42.6 Å². The number of Topliss-reactive ketones (excluding diaryl/α,β-unsaturated/α-hetero) is 1. The number of fused-ring (bicyclic) bond motifs is 1. The quantitative estimate of drug-likeness (QED) is 0.770. The van der Waals surface area contributed by atoms with Gasteiger partial charge in [0.15, 0.2) is 5.78 Å². The lowest BCUT2D eigenvalue weighted by Crippen LogP contribution is -2.13. The van der Waals surface area contributed by atoms with Gasteiger partial charge in [-0.15, -0.1) is 0 Å².